The summed E-state index contributed by atoms with van der Waals surface area (Å²) in [7, 11) is 1.94. The number of rotatable bonds is 0. The molecule has 0 fully saturated rings. The molecular formula is C8H7MnN2-. The van der Waals surface area contributed by atoms with Crippen LogP contribution in [-0.2, 0) is 24.1 Å². The smallest absolute Gasteiger partial charge is 0.00125 e. The average Bonchev–Trinajstić information content (AvgIpc) is 2.34. The SMILES string of the molecule is Cn1[c-]nc2ccccc21.[Mn]. The largest absolute Gasteiger partial charge is 0.450 e. The summed E-state index contributed by atoms with van der Waals surface area (Å²) in [5.41, 5.74) is 2.13. The number of nitrogens with zero attached hydrogens (tertiary/aromatic N) is 2. The van der Waals surface area contributed by atoms with Crippen LogP contribution in [0.5, 0.6) is 0 Å². The maximum absolute atomic E-state index is 4.06. The van der Waals surface area contributed by atoms with Crippen LogP contribution in [0, 0.1) is 6.33 Å². The molecule has 1 aromatic carbocycles. The first-order valence-corrected chi connectivity index (χ1v) is 3.17. The van der Waals surface area contributed by atoms with E-state index < -0.39 is 0 Å². The third-order valence-electron chi connectivity index (χ3n) is 1.56. The number of imidazole rings is 1. The van der Waals surface area contributed by atoms with Crippen molar-refractivity contribution in [1.82, 2.24) is 9.55 Å². The quantitative estimate of drug-likeness (QED) is 0.448. The first-order chi connectivity index (χ1) is 4.88. The van der Waals surface area contributed by atoms with Gasteiger partial charge in [-0.25, -0.2) is 0 Å². The van der Waals surface area contributed by atoms with Gasteiger partial charge in [0.25, 0.3) is 0 Å². The predicted molar refractivity (Wildman–Crippen MR) is 39.6 cm³/mol. The summed E-state index contributed by atoms with van der Waals surface area (Å²) >= 11 is 0. The van der Waals surface area contributed by atoms with E-state index in [-0.39, 0.29) is 17.1 Å². The third-order valence-corrected chi connectivity index (χ3v) is 1.56. The van der Waals surface area contributed by atoms with Crippen LogP contribution >= 0.6 is 0 Å². The number of aryl methyl sites for hydroxylation is 1. The van der Waals surface area contributed by atoms with Gasteiger partial charge in [-0.05, 0) is 7.05 Å². The summed E-state index contributed by atoms with van der Waals surface area (Å²) in [5, 5.41) is 0. The summed E-state index contributed by atoms with van der Waals surface area (Å²) < 4.78 is 1.88. The fraction of sp³-hybridized carbons (Fsp3) is 0.125. The molecule has 0 N–H and O–H groups in total. The number of para-hydroxylation sites is 2. The zero-order valence-corrected chi connectivity index (χ0v) is 7.26. The van der Waals surface area contributed by atoms with Crippen molar-refractivity contribution in [3.05, 3.63) is 30.6 Å². The van der Waals surface area contributed by atoms with Gasteiger partial charge in [-0.3, -0.25) is 0 Å². The molecular weight excluding hydrogens is 179 g/mol. The standard InChI is InChI=1S/C8H7N2.Mn/c1-10-6-9-7-4-2-3-5-8(7)10;/h2-5H,1H3;/q-1;. The van der Waals surface area contributed by atoms with E-state index in [9.17, 15) is 0 Å². The van der Waals surface area contributed by atoms with Crippen LogP contribution < -0.4 is 0 Å². The van der Waals surface area contributed by atoms with Gasteiger partial charge in [0.15, 0.2) is 0 Å². The zero-order valence-electron chi connectivity index (χ0n) is 6.08. The van der Waals surface area contributed by atoms with Crippen molar-refractivity contribution in [2.24, 2.45) is 7.05 Å². The molecule has 1 aromatic heterocycles. The second-order valence-corrected chi connectivity index (χ2v) is 2.26. The monoisotopic (exact) mass is 186 g/mol. The van der Waals surface area contributed by atoms with Gasteiger partial charge in [-0.2, -0.15) is 0 Å². The van der Waals surface area contributed by atoms with E-state index in [2.05, 4.69) is 11.3 Å². The minimum absolute atomic E-state index is 0. The van der Waals surface area contributed by atoms with Gasteiger partial charge >= 0.3 is 0 Å². The van der Waals surface area contributed by atoms with Gasteiger partial charge in [-0.1, -0.05) is 23.2 Å². The van der Waals surface area contributed by atoms with Gasteiger partial charge in [-0.15, -0.1) is 12.1 Å². The van der Waals surface area contributed by atoms with Crippen molar-refractivity contribution in [3.8, 4) is 0 Å². The molecule has 1 radical (unpaired) electrons. The Morgan fingerprint density at radius 2 is 2.09 bits per heavy atom. The number of hydrogen-bond donors (Lipinski definition) is 0. The molecule has 0 aliphatic carbocycles. The van der Waals surface area contributed by atoms with Crippen molar-refractivity contribution in [3.63, 3.8) is 0 Å². The van der Waals surface area contributed by atoms with Crippen LogP contribution in [0.15, 0.2) is 24.3 Å². The van der Waals surface area contributed by atoms with E-state index in [1.165, 1.54) is 0 Å². The Hall–Kier alpha value is -0.791. The van der Waals surface area contributed by atoms with E-state index in [1.54, 1.807) is 0 Å². The fourth-order valence-corrected chi connectivity index (χ4v) is 1.03. The molecule has 0 saturated carbocycles. The fourth-order valence-electron chi connectivity index (χ4n) is 1.03. The molecule has 11 heavy (non-hydrogen) atoms. The molecule has 0 unspecified atom stereocenters. The maximum Gasteiger partial charge on any atom is 0.00125 e. The van der Waals surface area contributed by atoms with Crippen LogP contribution in [-0.4, -0.2) is 9.55 Å². The molecule has 0 aliphatic rings. The summed E-state index contributed by atoms with van der Waals surface area (Å²) in [4.78, 5) is 4.06. The minimum atomic E-state index is 0. The van der Waals surface area contributed by atoms with Gasteiger partial charge in [0.1, 0.15) is 0 Å². The van der Waals surface area contributed by atoms with Crippen molar-refractivity contribution < 1.29 is 17.1 Å². The van der Waals surface area contributed by atoms with E-state index in [0.29, 0.717) is 0 Å². The molecule has 0 spiro atoms. The molecule has 0 aliphatic heterocycles. The summed E-state index contributed by atoms with van der Waals surface area (Å²) in [6, 6.07) is 7.98. The van der Waals surface area contributed by atoms with Gasteiger partial charge in [0.2, 0.25) is 0 Å². The van der Waals surface area contributed by atoms with E-state index in [4.69, 9.17) is 0 Å². The zero-order chi connectivity index (χ0) is 6.97. The molecule has 2 aromatic rings. The summed E-state index contributed by atoms with van der Waals surface area (Å²) in [6.07, 6.45) is 2.84. The predicted octanol–water partition coefficient (Wildman–Crippen LogP) is 1.37. The molecule has 1 heterocycles. The Balaban J connectivity index is 0.000000605. The maximum atomic E-state index is 4.06. The van der Waals surface area contributed by atoms with Crippen LogP contribution in [0.3, 0.4) is 0 Å². The van der Waals surface area contributed by atoms with Crippen LogP contribution in [0.1, 0.15) is 0 Å². The van der Waals surface area contributed by atoms with Crippen molar-refractivity contribution in [2.75, 3.05) is 0 Å². The second kappa shape index (κ2) is 3.07. The topological polar surface area (TPSA) is 17.8 Å². The molecule has 2 nitrogen and oxygen atoms in total. The Morgan fingerprint density at radius 3 is 2.82 bits per heavy atom. The number of aromatic nitrogens is 2. The number of benzene rings is 1. The number of fused-ring (bicyclic) bond motifs is 1. The molecule has 2 rings (SSSR count). The third kappa shape index (κ3) is 1.30. The first-order valence-electron chi connectivity index (χ1n) is 3.17. The van der Waals surface area contributed by atoms with Gasteiger partial charge in [0.05, 0.1) is 0 Å². The Kier molecular flexibility index (Phi) is 2.32. The molecule has 0 atom stereocenters. The molecule has 3 heteroatoms. The number of hydrogen-bond acceptors (Lipinski definition) is 1. The van der Waals surface area contributed by atoms with Gasteiger partial charge in [0, 0.05) is 23.4 Å². The van der Waals surface area contributed by atoms with Crippen LogP contribution in [0.2, 0.25) is 0 Å². The normalized spacial score (nSPS) is 9.55. The molecule has 0 saturated heterocycles. The van der Waals surface area contributed by atoms with Crippen LogP contribution in [0.4, 0.5) is 0 Å². The first kappa shape index (κ1) is 8.31. The van der Waals surface area contributed by atoms with Crippen molar-refractivity contribution >= 4 is 11.0 Å². The Morgan fingerprint density at radius 1 is 1.36 bits per heavy atom. The Bertz CT molecular complexity index is 354. The summed E-state index contributed by atoms with van der Waals surface area (Å²) in [6.45, 7) is 0. The Labute approximate surface area is 75.7 Å². The summed E-state index contributed by atoms with van der Waals surface area (Å²) in [5.74, 6) is 0. The van der Waals surface area contributed by atoms with Crippen molar-refractivity contribution in [1.29, 1.82) is 0 Å². The van der Waals surface area contributed by atoms with Gasteiger partial charge < -0.3 is 9.55 Å². The average molecular weight is 186 g/mol. The minimum Gasteiger partial charge on any atom is -0.450 e. The molecule has 0 amide bonds. The molecule has 0 bridgehead atoms. The van der Waals surface area contributed by atoms with E-state index >= 15 is 0 Å². The van der Waals surface area contributed by atoms with Crippen molar-refractivity contribution in [2.45, 2.75) is 0 Å². The second-order valence-electron chi connectivity index (χ2n) is 2.26. The van der Waals surface area contributed by atoms with E-state index in [0.717, 1.165) is 11.0 Å². The molecule has 57 valence electrons. The van der Waals surface area contributed by atoms with E-state index in [1.807, 2.05) is 35.9 Å². The van der Waals surface area contributed by atoms with Crippen LogP contribution in [0.25, 0.3) is 11.0 Å².